The third-order valence-electron chi connectivity index (χ3n) is 2.36. The van der Waals surface area contributed by atoms with Crippen molar-refractivity contribution in [1.29, 1.82) is 0 Å². The van der Waals surface area contributed by atoms with Gasteiger partial charge in [-0.3, -0.25) is 0 Å². The Kier molecular flexibility index (Phi) is 2.22. The number of hydrogen-bond acceptors (Lipinski definition) is 2. The Morgan fingerprint density at radius 2 is 2.08 bits per heavy atom. The van der Waals surface area contributed by atoms with Gasteiger partial charge in [0.15, 0.2) is 0 Å². The van der Waals surface area contributed by atoms with Gasteiger partial charge in [0.2, 0.25) is 6.08 Å². The van der Waals surface area contributed by atoms with Crippen LogP contribution in [-0.2, 0) is 10.3 Å². The Morgan fingerprint density at radius 1 is 1.38 bits per heavy atom. The summed E-state index contributed by atoms with van der Waals surface area (Å²) >= 11 is 2.28. The second kappa shape index (κ2) is 3.24. The van der Waals surface area contributed by atoms with E-state index in [1.54, 1.807) is 6.08 Å². The predicted molar refractivity (Wildman–Crippen MR) is 58.2 cm³/mol. The minimum Gasteiger partial charge on any atom is -0.211 e. The molecule has 0 amide bonds. The van der Waals surface area contributed by atoms with Crippen molar-refractivity contribution in [2.45, 2.75) is 18.4 Å². The average molecular weight is 285 g/mol. The van der Waals surface area contributed by atoms with Gasteiger partial charge in [-0.1, -0.05) is 18.2 Å². The van der Waals surface area contributed by atoms with Gasteiger partial charge in [-0.05, 0) is 47.1 Å². The zero-order valence-corrected chi connectivity index (χ0v) is 9.11. The van der Waals surface area contributed by atoms with Crippen LogP contribution in [0.2, 0.25) is 0 Å². The Morgan fingerprint density at radius 3 is 2.62 bits per heavy atom. The van der Waals surface area contributed by atoms with Crippen molar-refractivity contribution in [2.75, 3.05) is 0 Å². The van der Waals surface area contributed by atoms with Gasteiger partial charge in [-0.15, -0.1) is 0 Å². The molecule has 0 bridgehead atoms. The molecule has 13 heavy (non-hydrogen) atoms. The van der Waals surface area contributed by atoms with E-state index in [1.165, 1.54) is 9.13 Å². The van der Waals surface area contributed by atoms with Crippen LogP contribution in [0.5, 0.6) is 0 Å². The highest BCUT2D eigenvalue weighted by Crippen LogP contribution is 2.50. The van der Waals surface area contributed by atoms with E-state index in [0.717, 1.165) is 12.8 Å². The van der Waals surface area contributed by atoms with E-state index < -0.39 is 0 Å². The lowest BCUT2D eigenvalue weighted by Crippen LogP contribution is -2.04. The van der Waals surface area contributed by atoms with Crippen LogP contribution in [0.15, 0.2) is 29.3 Å². The van der Waals surface area contributed by atoms with Gasteiger partial charge in [-0.25, -0.2) is 4.79 Å². The normalized spacial score (nSPS) is 17.6. The summed E-state index contributed by atoms with van der Waals surface area (Å²) < 4.78 is 1.18. The van der Waals surface area contributed by atoms with Crippen molar-refractivity contribution in [3.63, 3.8) is 0 Å². The molecule has 0 saturated heterocycles. The molecule has 0 aromatic heterocycles. The van der Waals surface area contributed by atoms with Crippen LogP contribution in [-0.4, -0.2) is 6.08 Å². The molecule has 0 N–H and O–H groups in total. The summed E-state index contributed by atoms with van der Waals surface area (Å²) in [5, 5.41) is 0. The summed E-state index contributed by atoms with van der Waals surface area (Å²) in [7, 11) is 0. The molecule has 1 aromatic rings. The third kappa shape index (κ3) is 1.54. The lowest BCUT2D eigenvalue weighted by molar-refractivity contribution is 0.556. The molecule has 1 saturated carbocycles. The van der Waals surface area contributed by atoms with E-state index in [-0.39, 0.29) is 5.54 Å². The Labute approximate surface area is 90.2 Å². The lowest BCUT2D eigenvalue weighted by atomic mass is 10.1. The average Bonchev–Trinajstić information content (AvgIpc) is 2.87. The van der Waals surface area contributed by atoms with Crippen LogP contribution in [0.25, 0.3) is 0 Å². The Balaban J connectivity index is 2.46. The second-order valence-electron chi connectivity index (χ2n) is 3.21. The van der Waals surface area contributed by atoms with E-state index in [0.29, 0.717) is 0 Å². The molecule has 0 unspecified atom stereocenters. The summed E-state index contributed by atoms with van der Waals surface area (Å²) in [6.07, 6.45) is 3.62. The summed E-state index contributed by atoms with van der Waals surface area (Å²) in [5.74, 6) is 0. The van der Waals surface area contributed by atoms with Crippen molar-refractivity contribution in [3.8, 4) is 0 Å². The summed E-state index contributed by atoms with van der Waals surface area (Å²) in [4.78, 5) is 14.1. The van der Waals surface area contributed by atoms with E-state index in [9.17, 15) is 4.79 Å². The Bertz CT molecular complexity index is 378. The number of isocyanates is 1. The fraction of sp³-hybridized carbons (Fsp3) is 0.300. The van der Waals surface area contributed by atoms with E-state index in [2.05, 4.69) is 27.6 Å². The molecule has 1 aliphatic rings. The first kappa shape index (κ1) is 8.91. The monoisotopic (exact) mass is 285 g/mol. The quantitative estimate of drug-likeness (QED) is 0.466. The van der Waals surface area contributed by atoms with Crippen molar-refractivity contribution >= 4 is 28.7 Å². The Hall–Kier alpha value is -0.670. The van der Waals surface area contributed by atoms with Crippen molar-refractivity contribution in [2.24, 2.45) is 4.99 Å². The van der Waals surface area contributed by atoms with Gasteiger partial charge in [0.25, 0.3) is 0 Å². The number of benzene rings is 1. The summed E-state index contributed by atoms with van der Waals surface area (Å²) in [6, 6.07) is 8.05. The van der Waals surface area contributed by atoms with Crippen LogP contribution < -0.4 is 0 Å². The number of halogens is 1. The highest BCUT2D eigenvalue weighted by atomic mass is 127. The van der Waals surface area contributed by atoms with Gasteiger partial charge in [0, 0.05) is 3.57 Å². The molecule has 1 aliphatic carbocycles. The molecule has 66 valence electrons. The maximum atomic E-state index is 10.3. The standard InChI is InChI=1S/C10H8INO/c11-9-4-2-1-3-8(9)10(5-6-10)12-7-13/h1-4H,5-6H2. The van der Waals surface area contributed by atoms with E-state index in [1.807, 2.05) is 24.3 Å². The molecular formula is C10H8INO. The highest BCUT2D eigenvalue weighted by Gasteiger charge is 2.45. The van der Waals surface area contributed by atoms with Gasteiger partial charge < -0.3 is 0 Å². The molecular weight excluding hydrogens is 277 g/mol. The first-order valence-corrected chi connectivity index (χ1v) is 5.20. The second-order valence-corrected chi connectivity index (χ2v) is 4.38. The first-order chi connectivity index (χ1) is 6.28. The lowest BCUT2D eigenvalue weighted by Gasteiger charge is -2.09. The van der Waals surface area contributed by atoms with Gasteiger partial charge in [-0.2, -0.15) is 4.99 Å². The van der Waals surface area contributed by atoms with Crippen LogP contribution >= 0.6 is 22.6 Å². The van der Waals surface area contributed by atoms with Gasteiger partial charge >= 0.3 is 0 Å². The zero-order valence-electron chi connectivity index (χ0n) is 6.96. The molecule has 0 heterocycles. The largest absolute Gasteiger partial charge is 0.235 e. The fourth-order valence-corrected chi connectivity index (χ4v) is 2.38. The number of hydrogen-bond donors (Lipinski definition) is 0. The van der Waals surface area contributed by atoms with Crippen LogP contribution in [0.3, 0.4) is 0 Å². The van der Waals surface area contributed by atoms with E-state index >= 15 is 0 Å². The number of nitrogens with zero attached hydrogens (tertiary/aromatic N) is 1. The maximum absolute atomic E-state index is 10.3. The van der Waals surface area contributed by atoms with Crippen molar-refractivity contribution < 1.29 is 4.79 Å². The maximum Gasteiger partial charge on any atom is 0.235 e. The zero-order chi connectivity index (χ0) is 9.31. The molecule has 1 aromatic carbocycles. The molecule has 2 nitrogen and oxygen atoms in total. The highest BCUT2D eigenvalue weighted by molar-refractivity contribution is 14.1. The molecule has 3 heteroatoms. The molecule has 0 radical (unpaired) electrons. The molecule has 2 rings (SSSR count). The smallest absolute Gasteiger partial charge is 0.211 e. The SMILES string of the molecule is O=C=NC1(c2ccccc2I)CC1. The molecule has 0 aliphatic heterocycles. The van der Waals surface area contributed by atoms with Gasteiger partial charge in [0.1, 0.15) is 0 Å². The number of carbonyl (C=O) groups excluding carboxylic acids is 1. The van der Waals surface area contributed by atoms with Crippen LogP contribution in [0.1, 0.15) is 18.4 Å². The minimum atomic E-state index is -0.223. The number of rotatable bonds is 2. The van der Waals surface area contributed by atoms with Crippen molar-refractivity contribution in [1.82, 2.24) is 0 Å². The fourth-order valence-electron chi connectivity index (χ4n) is 1.49. The summed E-state index contributed by atoms with van der Waals surface area (Å²) in [6.45, 7) is 0. The third-order valence-corrected chi connectivity index (χ3v) is 3.30. The first-order valence-electron chi connectivity index (χ1n) is 4.12. The van der Waals surface area contributed by atoms with E-state index in [4.69, 9.17) is 0 Å². The van der Waals surface area contributed by atoms with Crippen LogP contribution in [0.4, 0.5) is 0 Å². The molecule has 0 spiro atoms. The predicted octanol–water partition coefficient (Wildman–Crippen LogP) is 2.62. The topological polar surface area (TPSA) is 29.4 Å². The number of aliphatic imine (C=N–C) groups is 1. The van der Waals surface area contributed by atoms with Gasteiger partial charge in [0.05, 0.1) is 5.54 Å². The van der Waals surface area contributed by atoms with Crippen LogP contribution in [0, 0.1) is 3.57 Å². The summed E-state index contributed by atoms with van der Waals surface area (Å²) in [5.41, 5.74) is 0.943. The minimum absolute atomic E-state index is 0.223. The van der Waals surface area contributed by atoms with Crippen molar-refractivity contribution in [3.05, 3.63) is 33.4 Å². The molecule has 1 fully saturated rings. The molecule has 0 atom stereocenters.